The zero-order valence-corrected chi connectivity index (χ0v) is 12.4. The number of anilines is 1. The fraction of sp³-hybridized carbons (Fsp3) is 0.214. The molecule has 0 saturated heterocycles. The minimum absolute atomic E-state index is 0.104. The number of hydrogen-bond acceptors (Lipinski definition) is 5. The predicted molar refractivity (Wildman–Crippen MR) is 80.7 cm³/mol. The molecule has 3 aromatic rings. The second-order valence-corrected chi connectivity index (χ2v) is 5.83. The third kappa shape index (κ3) is 2.59. The Morgan fingerprint density at radius 1 is 1.38 bits per heavy atom. The van der Waals surface area contributed by atoms with Gasteiger partial charge in [-0.15, -0.1) is 11.3 Å². The fourth-order valence-electron chi connectivity index (χ4n) is 1.99. The van der Waals surface area contributed by atoms with E-state index in [0.717, 1.165) is 10.6 Å². The van der Waals surface area contributed by atoms with Crippen molar-refractivity contribution in [1.29, 1.82) is 0 Å². The molecule has 3 rings (SSSR count). The van der Waals surface area contributed by atoms with E-state index in [1.165, 1.54) is 15.9 Å². The first-order chi connectivity index (χ1) is 10.0. The molecule has 6 nitrogen and oxygen atoms in total. The van der Waals surface area contributed by atoms with Gasteiger partial charge in [0.1, 0.15) is 6.54 Å². The van der Waals surface area contributed by atoms with Crippen molar-refractivity contribution in [3.05, 3.63) is 45.4 Å². The van der Waals surface area contributed by atoms with Crippen LogP contribution in [0.5, 0.6) is 0 Å². The summed E-state index contributed by atoms with van der Waals surface area (Å²) in [5.41, 5.74) is 1.96. The minimum Gasteiger partial charge on any atom is -0.408 e. The molecule has 1 amide bonds. The van der Waals surface area contributed by atoms with Crippen molar-refractivity contribution in [2.24, 2.45) is 0 Å². The maximum Gasteiger partial charge on any atom is 0.420 e. The van der Waals surface area contributed by atoms with Gasteiger partial charge in [-0.1, -0.05) is 12.1 Å². The predicted octanol–water partition coefficient (Wildman–Crippen LogP) is 2.31. The first kappa shape index (κ1) is 13.6. The average Bonchev–Trinajstić information content (AvgIpc) is 2.91. The number of nitrogens with one attached hydrogen (secondary N) is 1. The second kappa shape index (κ2) is 5.17. The Hall–Kier alpha value is -2.41. The van der Waals surface area contributed by atoms with Gasteiger partial charge in [-0.3, -0.25) is 9.36 Å². The smallest absolute Gasteiger partial charge is 0.408 e. The Labute approximate surface area is 124 Å². The largest absolute Gasteiger partial charge is 0.420 e. The van der Waals surface area contributed by atoms with Crippen LogP contribution in [0, 0.1) is 13.8 Å². The van der Waals surface area contributed by atoms with E-state index in [9.17, 15) is 9.59 Å². The molecule has 0 atom stereocenters. The highest BCUT2D eigenvalue weighted by Crippen LogP contribution is 2.21. The number of aromatic nitrogens is 2. The van der Waals surface area contributed by atoms with Crippen LogP contribution in [0.25, 0.3) is 11.1 Å². The number of rotatable bonds is 3. The number of thiazole rings is 1. The number of hydrogen-bond donors (Lipinski definition) is 1. The number of oxazole rings is 1. The van der Waals surface area contributed by atoms with Crippen molar-refractivity contribution >= 4 is 33.5 Å². The molecule has 0 bridgehead atoms. The number of carbonyl (C=O) groups is 1. The summed E-state index contributed by atoms with van der Waals surface area (Å²) in [6.45, 7) is 3.72. The van der Waals surface area contributed by atoms with Gasteiger partial charge in [0.2, 0.25) is 5.91 Å². The lowest BCUT2D eigenvalue weighted by Crippen LogP contribution is -2.24. The number of nitrogens with zero attached hydrogens (tertiary/aromatic N) is 2. The van der Waals surface area contributed by atoms with Crippen molar-refractivity contribution in [2.45, 2.75) is 20.4 Å². The van der Waals surface area contributed by atoms with Crippen LogP contribution in [0.15, 0.2) is 33.5 Å². The molecule has 2 heterocycles. The highest BCUT2D eigenvalue weighted by Gasteiger charge is 2.13. The topological polar surface area (TPSA) is 77.1 Å². The molecule has 7 heteroatoms. The van der Waals surface area contributed by atoms with Crippen LogP contribution in [0.1, 0.15) is 10.6 Å². The maximum atomic E-state index is 12.1. The van der Waals surface area contributed by atoms with E-state index in [1.54, 1.807) is 24.3 Å². The average molecular weight is 303 g/mol. The van der Waals surface area contributed by atoms with Gasteiger partial charge < -0.3 is 9.73 Å². The summed E-state index contributed by atoms with van der Waals surface area (Å²) in [5, 5.41) is 3.24. The van der Waals surface area contributed by atoms with E-state index < -0.39 is 5.76 Å². The number of aryl methyl sites for hydroxylation is 2. The summed E-state index contributed by atoms with van der Waals surface area (Å²) in [6.07, 6.45) is 0. The molecule has 0 aliphatic heterocycles. The summed E-state index contributed by atoms with van der Waals surface area (Å²) in [4.78, 5) is 29.1. The van der Waals surface area contributed by atoms with E-state index in [2.05, 4.69) is 10.3 Å². The molecule has 0 radical (unpaired) electrons. The zero-order chi connectivity index (χ0) is 15.0. The van der Waals surface area contributed by atoms with Gasteiger partial charge in [-0.25, -0.2) is 9.78 Å². The first-order valence-corrected chi connectivity index (χ1v) is 7.18. The van der Waals surface area contributed by atoms with Crippen LogP contribution in [0.3, 0.4) is 0 Å². The third-order valence-electron chi connectivity index (χ3n) is 3.15. The summed E-state index contributed by atoms with van der Waals surface area (Å²) in [6, 6.07) is 7.00. The molecule has 0 aliphatic carbocycles. The maximum absolute atomic E-state index is 12.1. The number of para-hydroxylation sites is 2. The van der Waals surface area contributed by atoms with E-state index in [4.69, 9.17) is 4.42 Å². The van der Waals surface area contributed by atoms with Gasteiger partial charge in [0.15, 0.2) is 10.7 Å². The summed E-state index contributed by atoms with van der Waals surface area (Å²) in [5.74, 6) is -0.852. The van der Waals surface area contributed by atoms with Crippen LogP contribution in [0.4, 0.5) is 5.13 Å². The molecule has 2 aromatic heterocycles. The Morgan fingerprint density at radius 3 is 2.86 bits per heavy atom. The molecule has 0 aliphatic rings. The molecule has 1 N–H and O–H groups in total. The monoisotopic (exact) mass is 303 g/mol. The van der Waals surface area contributed by atoms with Gasteiger partial charge >= 0.3 is 5.76 Å². The Kier molecular flexibility index (Phi) is 3.34. The molecule has 0 unspecified atom stereocenters. The van der Waals surface area contributed by atoms with Crippen molar-refractivity contribution in [3.8, 4) is 0 Å². The Bertz CT molecular complexity index is 856. The number of benzene rings is 1. The number of carbonyl (C=O) groups excluding carboxylic acids is 1. The number of amides is 1. The lowest BCUT2D eigenvalue weighted by atomic mass is 10.3. The standard InChI is InChI=1S/C14H13N3O3S/c1-8-9(2)21-13(15-8)16-12(18)7-17-10-5-3-4-6-11(10)20-14(17)19/h3-6H,7H2,1-2H3,(H,15,16,18). The summed E-state index contributed by atoms with van der Waals surface area (Å²) < 4.78 is 6.39. The van der Waals surface area contributed by atoms with Crippen molar-refractivity contribution < 1.29 is 9.21 Å². The van der Waals surface area contributed by atoms with Crippen LogP contribution < -0.4 is 11.1 Å². The van der Waals surface area contributed by atoms with Gasteiger partial charge in [0.05, 0.1) is 11.2 Å². The van der Waals surface area contributed by atoms with Crippen LogP contribution in [0.2, 0.25) is 0 Å². The van der Waals surface area contributed by atoms with Crippen LogP contribution in [-0.4, -0.2) is 15.5 Å². The minimum atomic E-state index is -0.544. The van der Waals surface area contributed by atoms with Gasteiger partial charge in [0.25, 0.3) is 0 Å². The molecule has 0 saturated carbocycles. The Balaban J connectivity index is 1.83. The summed E-state index contributed by atoms with van der Waals surface area (Å²) >= 11 is 1.41. The molecule has 0 spiro atoms. The SMILES string of the molecule is Cc1nc(NC(=O)Cn2c(=O)oc3ccccc32)sc1C. The summed E-state index contributed by atoms with van der Waals surface area (Å²) in [7, 11) is 0. The fourth-order valence-corrected chi connectivity index (χ4v) is 2.82. The Morgan fingerprint density at radius 2 is 2.14 bits per heavy atom. The molecular weight excluding hydrogens is 290 g/mol. The van der Waals surface area contributed by atoms with Gasteiger partial charge in [-0.05, 0) is 26.0 Å². The molecule has 21 heavy (non-hydrogen) atoms. The zero-order valence-electron chi connectivity index (χ0n) is 11.5. The highest BCUT2D eigenvalue weighted by atomic mass is 32.1. The second-order valence-electron chi connectivity index (χ2n) is 4.63. The van der Waals surface area contributed by atoms with Gasteiger partial charge in [0, 0.05) is 4.88 Å². The third-order valence-corrected chi connectivity index (χ3v) is 4.14. The van der Waals surface area contributed by atoms with Crippen LogP contribution >= 0.6 is 11.3 Å². The van der Waals surface area contributed by atoms with Crippen molar-refractivity contribution in [1.82, 2.24) is 9.55 Å². The van der Waals surface area contributed by atoms with E-state index in [0.29, 0.717) is 16.2 Å². The first-order valence-electron chi connectivity index (χ1n) is 6.37. The quantitative estimate of drug-likeness (QED) is 0.805. The molecule has 108 valence electrons. The highest BCUT2D eigenvalue weighted by molar-refractivity contribution is 7.15. The molecular formula is C14H13N3O3S. The van der Waals surface area contributed by atoms with Crippen molar-refractivity contribution in [3.63, 3.8) is 0 Å². The van der Waals surface area contributed by atoms with E-state index >= 15 is 0 Å². The normalized spacial score (nSPS) is 11.0. The molecule has 1 aromatic carbocycles. The van der Waals surface area contributed by atoms with Crippen LogP contribution in [-0.2, 0) is 11.3 Å². The van der Waals surface area contributed by atoms with E-state index in [-0.39, 0.29) is 12.5 Å². The molecule has 0 fully saturated rings. The lowest BCUT2D eigenvalue weighted by molar-refractivity contribution is -0.116. The van der Waals surface area contributed by atoms with Gasteiger partial charge in [-0.2, -0.15) is 0 Å². The van der Waals surface area contributed by atoms with E-state index in [1.807, 2.05) is 13.8 Å². The van der Waals surface area contributed by atoms with Crippen molar-refractivity contribution in [2.75, 3.05) is 5.32 Å². The lowest BCUT2D eigenvalue weighted by Gasteiger charge is -2.02. The number of fused-ring (bicyclic) bond motifs is 1.